The third kappa shape index (κ3) is 2.71. The van der Waals surface area contributed by atoms with Gasteiger partial charge in [0.25, 0.3) is 0 Å². The molecule has 2 aromatic rings. The summed E-state index contributed by atoms with van der Waals surface area (Å²) in [6.07, 6.45) is 4.17. The summed E-state index contributed by atoms with van der Waals surface area (Å²) in [5, 5.41) is 0. The van der Waals surface area contributed by atoms with E-state index in [2.05, 4.69) is 6.92 Å². The van der Waals surface area contributed by atoms with Crippen LogP contribution in [-0.4, -0.2) is 12.4 Å². The van der Waals surface area contributed by atoms with Crippen LogP contribution in [0.5, 0.6) is 5.75 Å². The highest BCUT2D eigenvalue weighted by Crippen LogP contribution is 2.33. The molecule has 0 atom stereocenters. The van der Waals surface area contributed by atoms with E-state index >= 15 is 0 Å². The molecule has 1 aliphatic carbocycles. The average Bonchev–Trinajstić information content (AvgIpc) is 2.52. The standard InChI is InChI=1S/C19H20O2/c1-2-3-6-12-21-17-11-7-9-15-13-14-8-4-5-10-16(14)19(20)18(15)17/h4-5,7-11H,2-3,6,12-13H2,1H3. The van der Waals surface area contributed by atoms with Gasteiger partial charge in [0.05, 0.1) is 12.2 Å². The number of rotatable bonds is 5. The molecule has 0 saturated carbocycles. The number of hydrogen-bond acceptors (Lipinski definition) is 2. The first-order valence-corrected chi connectivity index (χ1v) is 7.68. The van der Waals surface area contributed by atoms with E-state index in [0.717, 1.165) is 47.3 Å². The van der Waals surface area contributed by atoms with Crippen LogP contribution in [0, 0.1) is 0 Å². The molecule has 108 valence electrons. The van der Waals surface area contributed by atoms with Crippen LogP contribution in [0.25, 0.3) is 0 Å². The minimum atomic E-state index is 0.0953. The van der Waals surface area contributed by atoms with Crippen LogP contribution in [0.2, 0.25) is 0 Å². The van der Waals surface area contributed by atoms with Gasteiger partial charge in [-0.1, -0.05) is 56.2 Å². The highest BCUT2D eigenvalue weighted by Gasteiger charge is 2.25. The Labute approximate surface area is 125 Å². The van der Waals surface area contributed by atoms with Crippen molar-refractivity contribution in [1.29, 1.82) is 0 Å². The summed E-state index contributed by atoms with van der Waals surface area (Å²) in [6.45, 7) is 2.85. The zero-order valence-electron chi connectivity index (χ0n) is 12.4. The molecule has 0 amide bonds. The number of unbranched alkanes of at least 4 members (excludes halogenated alkanes) is 2. The predicted octanol–water partition coefficient (Wildman–Crippen LogP) is 4.39. The molecule has 2 aromatic carbocycles. The van der Waals surface area contributed by atoms with Crippen LogP contribution in [0.3, 0.4) is 0 Å². The van der Waals surface area contributed by atoms with Gasteiger partial charge < -0.3 is 4.74 Å². The summed E-state index contributed by atoms with van der Waals surface area (Å²) >= 11 is 0. The summed E-state index contributed by atoms with van der Waals surface area (Å²) < 4.78 is 5.87. The maximum absolute atomic E-state index is 12.7. The highest BCUT2D eigenvalue weighted by atomic mass is 16.5. The molecule has 0 aromatic heterocycles. The molecule has 0 bridgehead atoms. The quantitative estimate of drug-likeness (QED) is 0.648. The van der Waals surface area contributed by atoms with Crippen LogP contribution in [0.15, 0.2) is 42.5 Å². The molecule has 2 heteroatoms. The van der Waals surface area contributed by atoms with Gasteiger partial charge in [-0.3, -0.25) is 4.79 Å². The van der Waals surface area contributed by atoms with Gasteiger partial charge in [0.15, 0.2) is 5.78 Å². The number of ether oxygens (including phenoxy) is 1. The molecule has 0 unspecified atom stereocenters. The van der Waals surface area contributed by atoms with Crippen molar-refractivity contribution in [3.8, 4) is 5.75 Å². The molecule has 0 spiro atoms. The number of carbonyl (C=O) groups is 1. The van der Waals surface area contributed by atoms with Gasteiger partial charge in [-0.25, -0.2) is 0 Å². The van der Waals surface area contributed by atoms with E-state index in [1.54, 1.807) is 0 Å². The van der Waals surface area contributed by atoms with E-state index < -0.39 is 0 Å². The first-order chi connectivity index (χ1) is 10.3. The van der Waals surface area contributed by atoms with Crippen molar-refractivity contribution in [2.24, 2.45) is 0 Å². The lowest BCUT2D eigenvalue weighted by molar-refractivity contribution is 0.103. The van der Waals surface area contributed by atoms with Crippen molar-refractivity contribution in [2.45, 2.75) is 32.6 Å². The molecule has 0 N–H and O–H groups in total. The van der Waals surface area contributed by atoms with Crippen LogP contribution < -0.4 is 4.74 Å². The predicted molar refractivity (Wildman–Crippen MR) is 84.1 cm³/mol. The fourth-order valence-electron chi connectivity index (χ4n) is 2.87. The Balaban J connectivity index is 1.89. The van der Waals surface area contributed by atoms with Gasteiger partial charge in [-0.2, -0.15) is 0 Å². The summed E-state index contributed by atoms with van der Waals surface area (Å²) in [6, 6.07) is 13.8. The van der Waals surface area contributed by atoms with Crippen molar-refractivity contribution in [1.82, 2.24) is 0 Å². The van der Waals surface area contributed by atoms with E-state index in [4.69, 9.17) is 4.74 Å². The number of carbonyl (C=O) groups excluding carboxylic acids is 1. The second kappa shape index (κ2) is 6.13. The lowest BCUT2D eigenvalue weighted by Crippen LogP contribution is -2.16. The molecule has 0 radical (unpaired) electrons. The molecule has 1 aliphatic rings. The van der Waals surface area contributed by atoms with Crippen LogP contribution in [0.4, 0.5) is 0 Å². The molecule has 0 aliphatic heterocycles. The van der Waals surface area contributed by atoms with Gasteiger partial charge in [-0.15, -0.1) is 0 Å². The monoisotopic (exact) mass is 280 g/mol. The van der Waals surface area contributed by atoms with E-state index in [-0.39, 0.29) is 5.78 Å². The van der Waals surface area contributed by atoms with Crippen molar-refractivity contribution >= 4 is 5.78 Å². The molecular formula is C19H20O2. The molecule has 0 heterocycles. The topological polar surface area (TPSA) is 26.3 Å². The average molecular weight is 280 g/mol. The maximum Gasteiger partial charge on any atom is 0.197 e. The van der Waals surface area contributed by atoms with Crippen molar-refractivity contribution in [3.63, 3.8) is 0 Å². The number of ketones is 1. The molecule has 0 saturated heterocycles. The van der Waals surface area contributed by atoms with Gasteiger partial charge in [0.2, 0.25) is 0 Å². The fourth-order valence-corrected chi connectivity index (χ4v) is 2.87. The smallest absolute Gasteiger partial charge is 0.197 e. The lowest BCUT2D eigenvalue weighted by Gasteiger charge is -2.21. The SMILES string of the molecule is CCCCCOc1cccc2c1C(=O)c1ccccc1C2. The summed E-state index contributed by atoms with van der Waals surface area (Å²) in [7, 11) is 0. The van der Waals surface area contributed by atoms with E-state index in [1.807, 2.05) is 42.5 Å². The van der Waals surface area contributed by atoms with E-state index in [9.17, 15) is 4.79 Å². The Morgan fingerprint density at radius 3 is 2.67 bits per heavy atom. The molecule has 3 rings (SSSR count). The molecule has 0 fully saturated rings. The molecule has 21 heavy (non-hydrogen) atoms. The normalized spacial score (nSPS) is 12.7. The Bertz CT molecular complexity index is 658. The largest absolute Gasteiger partial charge is 0.493 e. The zero-order chi connectivity index (χ0) is 14.7. The zero-order valence-corrected chi connectivity index (χ0v) is 12.4. The second-order valence-electron chi connectivity index (χ2n) is 5.51. The van der Waals surface area contributed by atoms with Gasteiger partial charge in [0.1, 0.15) is 5.75 Å². The summed E-state index contributed by atoms with van der Waals surface area (Å²) in [5.74, 6) is 0.834. The number of hydrogen-bond donors (Lipinski definition) is 0. The Morgan fingerprint density at radius 1 is 1.00 bits per heavy atom. The van der Waals surface area contributed by atoms with Crippen LogP contribution in [0.1, 0.15) is 53.2 Å². The van der Waals surface area contributed by atoms with Crippen molar-refractivity contribution in [3.05, 3.63) is 64.7 Å². The van der Waals surface area contributed by atoms with Crippen LogP contribution >= 0.6 is 0 Å². The lowest BCUT2D eigenvalue weighted by atomic mass is 9.84. The van der Waals surface area contributed by atoms with Gasteiger partial charge in [0, 0.05) is 5.56 Å². The minimum absolute atomic E-state index is 0.0953. The summed E-state index contributed by atoms with van der Waals surface area (Å²) in [5.41, 5.74) is 3.76. The Hall–Kier alpha value is -2.09. The third-order valence-electron chi connectivity index (χ3n) is 3.99. The third-order valence-corrected chi connectivity index (χ3v) is 3.99. The van der Waals surface area contributed by atoms with Crippen molar-refractivity contribution in [2.75, 3.05) is 6.61 Å². The van der Waals surface area contributed by atoms with Gasteiger partial charge in [-0.05, 0) is 30.0 Å². The van der Waals surface area contributed by atoms with E-state index in [1.165, 1.54) is 6.42 Å². The Kier molecular flexibility index (Phi) is 4.05. The Morgan fingerprint density at radius 2 is 1.81 bits per heavy atom. The number of benzene rings is 2. The molecule has 2 nitrogen and oxygen atoms in total. The maximum atomic E-state index is 12.7. The summed E-state index contributed by atoms with van der Waals surface area (Å²) in [4.78, 5) is 12.7. The van der Waals surface area contributed by atoms with Crippen molar-refractivity contribution < 1.29 is 9.53 Å². The molecular weight excluding hydrogens is 260 g/mol. The minimum Gasteiger partial charge on any atom is -0.493 e. The first kappa shape index (κ1) is 13.9. The highest BCUT2D eigenvalue weighted by molar-refractivity contribution is 6.14. The fraction of sp³-hybridized carbons (Fsp3) is 0.316. The van der Waals surface area contributed by atoms with Crippen LogP contribution in [-0.2, 0) is 6.42 Å². The van der Waals surface area contributed by atoms with Gasteiger partial charge >= 0.3 is 0 Å². The first-order valence-electron chi connectivity index (χ1n) is 7.68. The second-order valence-corrected chi connectivity index (χ2v) is 5.51. The van der Waals surface area contributed by atoms with E-state index in [0.29, 0.717) is 6.61 Å². The number of fused-ring (bicyclic) bond motifs is 2.